The number of ether oxygens (including phenoxy) is 1. The second kappa shape index (κ2) is 5.89. The SMILES string of the molecule is CC(C)n1c(-c2ccc[nH]2)nnc1N1CCCO[C@H](C)C1. The fraction of sp³-hybridized carbons (Fsp3) is 0.600. The predicted octanol–water partition coefficient (Wildman–Crippen LogP) is 2.47. The number of aromatic nitrogens is 4. The van der Waals surface area contributed by atoms with Gasteiger partial charge in [0.1, 0.15) is 0 Å². The predicted molar refractivity (Wildman–Crippen MR) is 82.4 cm³/mol. The highest BCUT2D eigenvalue weighted by atomic mass is 16.5. The average molecular weight is 289 g/mol. The molecule has 0 unspecified atom stereocenters. The normalized spacial score (nSPS) is 20.0. The van der Waals surface area contributed by atoms with Crippen molar-refractivity contribution in [1.82, 2.24) is 19.7 Å². The van der Waals surface area contributed by atoms with Crippen LogP contribution >= 0.6 is 0 Å². The maximum Gasteiger partial charge on any atom is 0.227 e. The van der Waals surface area contributed by atoms with Gasteiger partial charge in [0.25, 0.3) is 0 Å². The highest BCUT2D eigenvalue weighted by Gasteiger charge is 2.24. The van der Waals surface area contributed by atoms with Crippen molar-refractivity contribution in [2.75, 3.05) is 24.6 Å². The van der Waals surface area contributed by atoms with Gasteiger partial charge in [-0.05, 0) is 39.3 Å². The molecule has 1 aliphatic rings. The molecule has 6 nitrogen and oxygen atoms in total. The Hall–Kier alpha value is -1.82. The Morgan fingerprint density at radius 1 is 1.38 bits per heavy atom. The molecule has 3 heterocycles. The zero-order valence-electron chi connectivity index (χ0n) is 12.9. The minimum atomic E-state index is 0.221. The van der Waals surface area contributed by atoms with E-state index in [2.05, 4.69) is 45.4 Å². The van der Waals surface area contributed by atoms with Crippen LogP contribution in [0.2, 0.25) is 0 Å². The number of nitrogens with one attached hydrogen (secondary N) is 1. The number of nitrogens with zero attached hydrogens (tertiary/aromatic N) is 4. The summed E-state index contributed by atoms with van der Waals surface area (Å²) in [6.45, 7) is 9.07. The fourth-order valence-electron chi connectivity index (χ4n) is 2.80. The van der Waals surface area contributed by atoms with E-state index >= 15 is 0 Å². The molecule has 1 atom stereocenters. The number of anilines is 1. The third-order valence-corrected chi connectivity index (χ3v) is 3.77. The zero-order valence-corrected chi connectivity index (χ0v) is 12.9. The standard InChI is InChI=1S/C15H23N5O/c1-11(2)20-14(13-6-4-7-16-13)17-18-15(20)19-8-5-9-21-12(3)10-19/h4,6-7,11-12,16H,5,8-10H2,1-3H3/t12-/m1/s1. The molecule has 1 N–H and O–H groups in total. The van der Waals surface area contributed by atoms with Crippen LogP contribution in [-0.4, -0.2) is 45.5 Å². The first kappa shape index (κ1) is 14.1. The molecule has 0 spiro atoms. The van der Waals surface area contributed by atoms with Crippen molar-refractivity contribution in [3.63, 3.8) is 0 Å². The molecule has 0 bridgehead atoms. The maximum absolute atomic E-state index is 5.73. The lowest BCUT2D eigenvalue weighted by molar-refractivity contribution is 0.0819. The maximum atomic E-state index is 5.73. The Bertz CT molecular complexity index is 575. The number of hydrogen-bond donors (Lipinski definition) is 1. The van der Waals surface area contributed by atoms with E-state index in [0.717, 1.165) is 43.6 Å². The summed E-state index contributed by atoms with van der Waals surface area (Å²) < 4.78 is 7.93. The smallest absolute Gasteiger partial charge is 0.227 e. The molecule has 6 heteroatoms. The van der Waals surface area contributed by atoms with Crippen LogP contribution in [0.1, 0.15) is 33.2 Å². The Morgan fingerprint density at radius 3 is 2.95 bits per heavy atom. The number of aromatic amines is 1. The van der Waals surface area contributed by atoms with Gasteiger partial charge < -0.3 is 14.6 Å². The largest absolute Gasteiger partial charge is 0.377 e. The van der Waals surface area contributed by atoms with Gasteiger partial charge in [-0.15, -0.1) is 10.2 Å². The van der Waals surface area contributed by atoms with Crippen LogP contribution in [0.25, 0.3) is 11.5 Å². The van der Waals surface area contributed by atoms with Crippen LogP contribution in [-0.2, 0) is 4.74 Å². The van der Waals surface area contributed by atoms with E-state index in [9.17, 15) is 0 Å². The average Bonchev–Trinajstić information content (AvgIpc) is 3.06. The van der Waals surface area contributed by atoms with Crippen LogP contribution < -0.4 is 4.90 Å². The van der Waals surface area contributed by atoms with E-state index in [0.29, 0.717) is 6.04 Å². The molecule has 3 rings (SSSR count). The minimum Gasteiger partial charge on any atom is -0.377 e. The molecule has 1 saturated heterocycles. The monoisotopic (exact) mass is 289 g/mol. The van der Waals surface area contributed by atoms with E-state index in [1.165, 1.54) is 0 Å². The first-order valence-electron chi connectivity index (χ1n) is 7.62. The number of hydrogen-bond acceptors (Lipinski definition) is 4. The van der Waals surface area contributed by atoms with Crippen molar-refractivity contribution in [3.8, 4) is 11.5 Å². The van der Waals surface area contributed by atoms with Gasteiger partial charge in [-0.25, -0.2) is 0 Å². The summed E-state index contributed by atoms with van der Waals surface area (Å²) in [6, 6.07) is 4.31. The second-order valence-corrected chi connectivity index (χ2v) is 5.85. The molecule has 0 aromatic carbocycles. The summed E-state index contributed by atoms with van der Waals surface area (Å²) in [7, 11) is 0. The lowest BCUT2D eigenvalue weighted by atomic mass is 10.3. The quantitative estimate of drug-likeness (QED) is 0.943. The van der Waals surface area contributed by atoms with Crippen molar-refractivity contribution < 1.29 is 4.74 Å². The first-order chi connectivity index (χ1) is 10.2. The van der Waals surface area contributed by atoms with Crippen molar-refractivity contribution >= 4 is 5.95 Å². The molecule has 0 amide bonds. The molecule has 1 fully saturated rings. The Balaban J connectivity index is 1.98. The molecule has 114 valence electrons. The van der Waals surface area contributed by atoms with Crippen molar-refractivity contribution in [2.24, 2.45) is 0 Å². The third-order valence-electron chi connectivity index (χ3n) is 3.77. The van der Waals surface area contributed by atoms with Gasteiger partial charge in [0, 0.05) is 31.9 Å². The van der Waals surface area contributed by atoms with E-state index < -0.39 is 0 Å². The van der Waals surface area contributed by atoms with Crippen LogP contribution in [0.3, 0.4) is 0 Å². The first-order valence-corrected chi connectivity index (χ1v) is 7.62. The molecular weight excluding hydrogens is 266 g/mol. The van der Waals surface area contributed by atoms with E-state index in [4.69, 9.17) is 4.74 Å². The summed E-state index contributed by atoms with van der Waals surface area (Å²) in [6.07, 6.45) is 3.15. The zero-order chi connectivity index (χ0) is 14.8. The third kappa shape index (κ3) is 2.81. The summed E-state index contributed by atoms with van der Waals surface area (Å²) >= 11 is 0. The van der Waals surface area contributed by atoms with Gasteiger partial charge >= 0.3 is 0 Å². The topological polar surface area (TPSA) is 59.0 Å². The van der Waals surface area contributed by atoms with Gasteiger partial charge in [-0.2, -0.15) is 0 Å². The summed E-state index contributed by atoms with van der Waals surface area (Å²) in [5.41, 5.74) is 1.00. The molecule has 0 saturated carbocycles. The Labute approximate surface area is 125 Å². The van der Waals surface area contributed by atoms with Crippen molar-refractivity contribution in [2.45, 2.75) is 39.3 Å². The van der Waals surface area contributed by atoms with Crippen LogP contribution in [0.15, 0.2) is 18.3 Å². The molecule has 0 radical (unpaired) electrons. The van der Waals surface area contributed by atoms with Crippen molar-refractivity contribution in [1.29, 1.82) is 0 Å². The van der Waals surface area contributed by atoms with Crippen molar-refractivity contribution in [3.05, 3.63) is 18.3 Å². The molecule has 2 aromatic heterocycles. The van der Waals surface area contributed by atoms with Crippen LogP contribution in [0, 0.1) is 0 Å². The number of H-pyrrole nitrogens is 1. The highest BCUT2D eigenvalue weighted by Crippen LogP contribution is 2.26. The molecule has 0 aliphatic carbocycles. The van der Waals surface area contributed by atoms with Gasteiger partial charge in [0.15, 0.2) is 5.82 Å². The second-order valence-electron chi connectivity index (χ2n) is 5.85. The minimum absolute atomic E-state index is 0.221. The lowest BCUT2D eigenvalue weighted by Crippen LogP contribution is -2.32. The molecular formula is C15H23N5O. The highest BCUT2D eigenvalue weighted by molar-refractivity contribution is 5.53. The van der Waals surface area contributed by atoms with Crippen LogP contribution in [0.4, 0.5) is 5.95 Å². The number of rotatable bonds is 3. The summed E-state index contributed by atoms with van der Waals surface area (Å²) in [4.78, 5) is 5.51. The molecule has 21 heavy (non-hydrogen) atoms. The molecule has 2 aromatic rings. The van der Waals surface area contributed by atoms with Gasteiger partial charge in [-0.3, -0.25) is 4.57 Å². The Kier molecular flexibility index (Phi) is 3.96. The van der Waals surface area contributed by atoms with E-state index in [1.807, 2.05) is 18.3 Å². The van der Waals surface area contributed by atoms with Gasteiger partial charge in [0.05, 0.1) is 11.8 Å². The van der Waals surface area contributed by atoms with Crippen LogP contribution in [0.5, 0.6) is 0 Å². The molecule has 1 aliphatic heterocycles. The fourth-order valence-corrected chi connectivity index (χ4v) is 2.80. The van der Waals surface area contributed by atoms with Gasteiger partial charge in [0.2, 0.25) is 5.95 Å². The summed E-state index contributed by atoms with van der Waals surface area (Å²) in [5.74, 6) is 1.83. The van der Waals surface area contributed by atoms with E-state index in [-0.39, 0.29) is 6.10 Å². The van der Waals surface area contributed by atoms with Gasteiger partial charge in [-0.1, -0.05) is 0 Å². The summed E-state index contributed by atoms with van der Waals surface area (Å²) in [5, 5.41) is 8.87. The Morgan fingerprint density at radius 2 is 2.24 bits per heavy atom. The lowest BCUT2D eigenvalue weighted by Gasteiger charge is -2.25. The van der Waals surface area contributed by atoms with E-state index in [1.54, 1.807) is 0 Å².